The predicted molar refractivity (Wildman–Crippen MR) is 142 cm³/mol. The molecule has 3 heterocycles. The Bertz CT molecular complexity index is 1390. The molecule has 1 aromatic heterocycles. The number of piperidine rings is 1. The van der Waals surface area contributed by atoms with Crippen molar-refractivity contribution >= 4 is 28.7 Å². The van der Waals surface area contributed by atoms with E-state index >= 15 is 0 Å². The zero-order valence-electron chi connectivity index (χ0n) is 21.1. The van der Waals surface area contributed by atoms with Crippen molar-refractivity contribution in [3.8, 4) is 5.75 Å². The molecule has 192 valence electrons. The summed E-state index contributed by atoms with van der Waals surface area (Å²) in [7, 11) is 0. The molecule has 0 unspecified atom stereocenters. The van der Waals surface area contributed by atoms with Crippen LogP contribution in [0.1, 0.15) is 37.4 Å². The number of carbonyl (C=O) groups excluding carboxylic acids is 2. The minimum Gasteiger partial charge on any atom is -0.493 e. The average molecular weight is 501 g/mol. The van der Waals surface area contributed by atoms with Gasteiger partial charge < -0.3 is 14.5 Å². The molecule has 37 heavy (non-hydrogen) atoms. The highest BCUT2D eigenvalue weighted by molar-refractivity contribution is 5.92. The fourth-order valence-electron chi connectivity index (χ4n) is 5.49. The molecule has 2 amide bonds. The van der Waals surface area contributed by atoms with E-state index in [-0.39, 0.29) is 29.2 Å². The number of benzene rings is 2. The standard InChI is InChI=1S/C29H32N4O4/c1-2-37-25-10-6-3-7-21(25)11-12-26(34)32-16-13-29(14-17-32)15-18-33(20-29)27(35)19-24-22-8-4-5-9-23(22)28(36)31-30-24/h3-12H,2,13-20H2,1H3,(H,31,36)/b12-11+. The number of hydrogen-bond acceptors (Lipinski definition) is 5. The first-order valence-corrected chi connectivity index (χ1v) is 12.9. The van der Waals surface area contributed by atoms with Crippen LogP contribution in [-0.2, 0) is 16.0 Å². The summed E-state index contributed by atoms with van der Waals surface area (Å²) < 4.78 is 5.64. The maximum absolute atomic E-state index is 13.1. The summed E-state index contributed by atoms with van der Waals surface area (Å²) >= 11 is 0. The molecule has 2 saturated heterocycles. The van der Waals surface area contributed by atoms with Crippen molar-refractivity contribution in [2.45, 2.75) is 32.6 Å². The maximum atomic E-state index is 13.1. The number of fused-ring (bicyclic) bond motifs is 1. The Morgan fingerprint density at radius 3 is 2.43 bits per heavy atom. The van der Waals surface area contributed by atoms with Gasteiger partial charge in [-0.05, 0) is 49.8 Å². The number of rotatable bonds is 6. The van der Waals surface area contributed by atoms with Gasteiger partial charge in [0.25, 0.3) is 5.56 Å². The van der Waals surface area contributed by atoms with Crippen LogP contribution < -0.4 is 10.3 Å². The Kier molecular flexibility index (Phi) is 7.08. The minimum absolute atomic E-state index is 0.00287. The number of nitrogens with zero attached hydrogens (tertiary/aromatic N) is 3. The number of ether oxygens (including phenoxy) is 1. The molecular weight excluding hydrogens is 468 g/mol. The lowest BCUT2D eigenvalue weighted by atomic mass is 9.78. The number of hydrogen-bond donors (Lipinski definition) is 1. The Morgan fingerprint density at radius 2 is 1.68 bits per heavy atom. The van der Waals surface area contributed by atoms with Crippen LogP contribution in [0.15, 0.2) is 59.4 Å². The number of aromatic nitrogens is 2. The van der Waals surface area contributed by atoms with Gasteiger partial charge >= 0.3 is 0 Å². The zero-order chi connectivity index (χ0) is 25.8. The smallest absolute Gasteiger partial charge is 0.272 e. The SMILES string of the molecule is CCOc1ccccc1/C=C/C(=O)N1CCC2(CC1)CCN(C(=O)Cc1n[nH]c(=O)c3ccccc13)C2. The summed E-state index contributed by atoms with van der Waals surface area (Å²) in [4.78, 5) is 41.9. The van der Waals surface area contributed by atoms with Crippen LogP contribution in [0.25, 0.3) is 16.8 Å². The minimum atomic E-state index is -0.249. The summed E-state index contributed by atoms with van der Waals surface area (Å²) in [5.41, 5.74) is 1.29. The van der Waals surface area contributed by atoms with E-state index in [4.69, 9.17) is 4.74 Å². The van der Waals surface area contributed by atoms with Gasteiger partial charge in [0, 0.05) is 43.2 Å². The monoisotopic (exact) mass is 500 g/mol. The topological polar surface area (TPSA) is 95.6 Å². The van der Waals surface area contributed by atoms with Gasteiger partial charge in [0.05, 0.1) is 24.1 Å². The van der Waals surface area contributed by atoms with Gasteiger partial charge in [-0.1, -0.05) is 36.4 Å². The molecule has 0 bridgehead atoms. The fourth-order valence-corrected chi connectivity index (χ4v) is 5.49. The van der Waals surface area contributed by atoms with Gasteiger partial charge in [0.15, 0.2) is 0 Å². The zero-order valence-corrected chi connectivity index (χ0v) is 21.1. The van der Waals surface area contributed by atoms with Crippen LogP contribution in [0.2, 0.25) is 0 Å². The van der Waals surface area contributed by atoms with Crippen molar-refractivity contribution in [3.05, 3.63) is 76.2 Å². The molecule has 2 aliphatic heterocycles. The Balaban J connectivity index is 1.17. The molecule has 2 fully saturated rings. The molecule has 0 radical (unpaired) electrons. The number of aromatic amines is 1. The summed E-state index contributed by atoms with van der Waals surface area (Å²) in [6.07, 6.45) is 6.31. The molecule has 3 aromatic rings. The van der Waals surface area contributed by atoms with Crippen LogP contribution in [0.3, 0.4) is 0 Å². The Morgan fingerprint density at radius 1 is 1.00 bits per heavy atom. The van der Waals surface area contributed by atoms with E-state index in [0.717, 1.165) is 36.0 Å². The highest BCUT2D eigenvalue weighted by atomic mass is 16.5. The second-order valence-electron chi connectivity index (χ2n) is 9.92. The highest BCUT2D eigenvalue weighted by Gasteiger charge is 2.42. The molecule has 2 aliphatic rings. The van der Waals surface area contributed by atoms with Crippen LogP contribution in [-0.4, -0.2) is 64.6 Å². The highest BCUT2D eigenvalue weighted by Crippen LogP contribution is 2.40. The van der Waals surface area contributed by atoms with Gasteiger partial charge in [-0.15, -0.1) is 0 Å². The molecule has 5 rings (SSSR count). The normalized spacial score (nSPS) is 17.1. The van der Waals surface area contributed by atoms with E-state index in [2.05, 4.69) is 10.2 Å². The molecule has 0 saturated carbocycles. The van der Waals surface area contributed by atoms with Gasteiger partial charge in [-0.3, -0.25) is 14.4 Å². The van der Waals surface area contributed by atoms with Gasteiger partial charge in [-0.25, -0.2) is 5.10 Å². The lowest BCUT2D eigenvalue weighted by Crippen LogP contribution is -2.44. The number of likely N-dealkylation sites (tertiary alicyclic amines) is 2. The van der Waals surface area contributed by atoms with Crippen molar-refractivity contribution in [1.82, 2.24) is 20.0 Å². The van der Waals surface area contributed by atoms with E-state index in [1.165, 1.54) is 0 Å². The number of nitrogens with one attached hydrogen (secondary N) is 1. The second-order valence-corrected chi connectivity index (χ2v) is 9.92. The van der Waals surface area contributed by atoms with E-state index in [9.17, 15) is 14.4 Å². The molecule has 0 atom stereocenters. The Hall–Kier alpha value is -3.94. The third-order valence-electron chi connectivity index (χ3n) is 7.64. The summed E-state index contributed by atoms with van der Waals surface area (Å²) in [6, 6.07) is 14.9. The molecule has 0 aliphatic carbocycles. The Labute approximate surface area is 215 Å². The summed E-state index contributed by atoms with van der Waals surface area (Å²) in [5, 5.41) is 7.94. The lowest BCUT2D eigenvalue weighted by molar-refractivity contribution is -0.131. The maximum Gasteiger partial charge on any atom is 0.272 e. The summed E-state index contributed by atoms with van der Waals surface area (Å²) in [5.74, 6) is 0.798. The molecule has 8 heteroatoms. The second kappa shape index (κ2) is 10.6. The van der Waals surface area contributed by atoms with E-state index in [1.54, 1.807) is 18.2 Å². The predicted octanol–water partition coefficient (Wildman–Crippen LogP) is 3.42. The third kappa shape index (κ3) is 5.28. The van der Waals surface area contributed by atoms with Crippen LogP contribution in [0.5, 0.6) is 5.75 Å². The van der Waals surface area contributed by atoms with Crippen LogP contribution in [0, 0.1) is 5.41 Å². The van der Waals surface area contributed by atoms with Crippen molar-refractivity contribution in [2.75, 3.05) is 32.8 Å². The van der Waals surface area contributed by atoms with Gasteiger partial charge in [0.1, 0.15) is 5.75 Å². The largest absolute Gasteiger partial charge is 0.493 e. The van der Waals surface area contributed by atoms with Crippen molar-refractivity contribution < 1.29 is 14.3 Å². The number of H-pyrrole nitrogens is 1. The quantitative estimate of drug-likeness (QED) is 0.524. The van der Waals surface area contributed by atoms with Gasteiger partial charge in [-0.2, -0.15) is 5.10 Å². The van der Waals surface area contributed by atoms with Gasteiger partial charge in [0.2, 0.25) is 11.8 Å². The molecular formula is C29H32N4O4. The van der Waals surface area contributed by atoms with Crippen LogP contribution in [0.4, 0.5) is 0 Å². The first-order valence-electron chi connectivity index (χ1n) is 12.9. The third-order valence-corrected chi connectivity index (χ3v) is 7.64. The van der Waals surface area contributed by atoms with Crippen molar-refractivity contribution in [2.24, 2.45) is 5.41 Å². The first-order chi connectivity index (χ1) is 18.0. The molecule has 8 nitrogen and oxygen atoms in total. The summed E-state index contributed by atoms with van der Waals surface area (Å²) in [6.45, 7) is 5.30. The van der Waals surface area contributed by atoms with Crippen molar-refractivity contribution in [1.29, 1.82) is 0 Å². The molecule has 2 aromatic carbocycles. The van der Waals surface area contributed by atoms with E-state index < -0.39 is 0 Å². The fraction of sp³-hybridized carbons (Fsp3) is 0.379. The molecule has 1 spiro atoms. The number of carbonyl (C=O) groups is 2. The van der Waals surface area contributed by atoms with E-state index in [1.807, 2.05) is 59.2 Å². The number of amides is 2. The molecule has 1 N–H and O–H groups in total. The van der Waals surface area contributed by atoms with Crippen molar-refractivity contribution in [3.63, 3.8) is 0 Å². The lowest BCUT2D eigenvalue weighted by Gasteiger charge is -2.39. The number of para-hydroxylation sites is 1. The van der Waals surface area contributed by atoms with Crippen LogP contribution >= 0.6 is 0 Å². The first kappa shape index (κ1) is 24.7. The average Bonchev–Trinajstić information content (AvgIpc) is 3.34. The van der Waals surface area contributed by atoms with E-state index in [0.29, 0.717) is 43.9 Å².